The SMILES string of the molecule is COc1ccc(CN2CCC[C@@H](c3nc(-c4ccncc4)cc(=O)[nH]3)C2)c(F)c1. The number of piperidine rings is 1. The van der Waals surface area contributed by atoms with Crippen LogP contribution < -0.4 is 10.3 Å². The molecule has 0 unspecified atom stereocenters. The highest BCUT2D eigenvalue weighted by Crippen LogP contribution is 2.27. The molecule has 6 nitrogen and oxygen atoms in total. The summed E-state index contributed by atoms with van der Waals surface area (Å²) in [6.07, 6.45) is 5.27. The molecule has 0 radical (unpaired) electrons. The number of halogens is 1. The van der Waals surface area contributed by atoms with Crippen molar-refractivity contribution in [1.29, 1.82) is 0 Å². The van der Waals surface area contributed by atoms with Gasteiger partial charge in [0.2, 0.25) is 0 Å². The molecule has 150 valence electrons. The van der Waals surface area contributed by atoms with Crippen LogP contribution in [0.1, 0.15) is 30.1 Å². The molecule has 3 heterocycles. The van der Waals surface area contributed by atoms with E-state index >= 15 is 0 Å². The Bertz CT molecular complexity index is 1040. The average Bonchev–Trinajstić information content (AvgIpc) is 2.75. The third-order valence-corrected chi connectivity index (χ3v) is 5.28. The number of rotatable bonds is 5. The molecule has 4 rings (SSSR count). The summed E-state index contributed by atoms with van der Waals surface area (Å²) in [5.74, 6) is 1.03. The molecule has 1 atom stereocenters. The fraction of sp³-hybridized carbons (Fsp3) is 0.318. The molecule has 0 bridgehead atoms. The normalized spacial score (nSPS) is 17.2. The number of aromatic nitrogens is 3. The highest BCUT2D eigenvalue weighted by atomic mass is 19.1. The van der Waals surface area contributed by atoms with E-state index in [2.05, 4.69) is 14.9 Å². The lowest BCUT2D eigenvalue weighted by Crippen LogP contribution is -2.35. The number of benzene rings is 1. The molecule has 3 aromatic rings. The van der Waals surface area contributed by atoms with Crippen molar-refractivity contribution in [1.82, 2.24) is 19.9 Å². The van der Waals surface area contributed by atoms with Crippen molar-refractivity contribution in [3.63, 3.8) is 0 Å². The minimum atomic E-state index is -0.266. The van der Waals surface area contributed by atoms with Gasteiger partial charge in [-0.25, -0.2) is 9.37 Å². The quantitative estimate of drug-likeness (QED) is 0.719. The van der Waals surface area contributed by atoms with Crippen LogP contribution in [0.5, 0.6) is 5.75 Å². The molecule has 1 saturated heterocycles. The Morgan fingerprint density at radius 2 is 2.07 bits per heavy atom. The molecule has 0 spiro atoms. The Kier molecular flexibility index (Phi) is 5.67. The third-order valence-electron chi connectivity index (χ3n) is 5.28. The number of aromatic amines is 1. The van der Waals surface area contributed by atoms with Crippen LogP contribution in [0.3, 0.4) is 0 Å². The van der Waals surface area contributed by atoms with Crippen LogP contribution in [0, 0.1) is 5.82 Å². The maximum absolute atomic E-state index is 14.3. The molecule has 1 aliphatic rings. The van der Waals surface area contributed by atoms with Gasteiger partial charge < -0.3 is 9.72 Å². The fourth-order valence-corrected chi connectivity index (χ4v) is 3.79. The fourth-order valence-electron chi connectivity index (χ4n) is 3.79. The second kappa shape index (κ2) is 8.53. The van der Waals surface area contributed by atoms with Crippen LogP contribution in [0.15, 0.2) is 53.6 Å². The highest BCUT2D eigenvalue weighted by molar-refractivity contribution is 5.57. The lowest BCUT2D eigenvalue weighted by molar-refractivity contribution is 0.194. The van der Waals surface area contributed by atoms with Crippen LogP contribution in [0.25, 0.3) is 11.3 Å². The largest absolute Gasteiger partial charge is 0.497 e. The van der Waals surface area contributed by atoms with Crippen LogP contribution in [-0.2, 0) is 6.54 Å². The predicted molar refractivity (Wildman–Crippen MR) is 108 cm³/mol. The molecule has 2 aromatic heterocycles. The van der Waals surface area contributed by atoms with Gasteiger partial charge in [0.15, 0.2) is 0 Å². The van der Waals surface area contributed by atoms with E-state index in [1.807, 2.05) is 12.1 Å². The van der Waals surface area contributed by atoms with Crippen LogP contribution in [-0.4, -0.2) is 40.1 Å². The van der Waals surface area contributed by atoms with Gasteiger partial charge in [0, 0.05) is 54.7 Å². The van der Waals surface area contributed by atoms with E-state index in [-0.39, 0.29) is 17.3 Å². The zero-order chi connectivity index (χ0) is 20.2. The maximum atomic E-state index is 14.3. The summed E-state index contributed by atoms with van der Waals surface area (Å²) in [5, 5.41) is 0. The van der Waals surface area contributed by atoms with E-state index in [9.17, 15) is 9.18 Å². The molecule has 1 fully saturated rings. The Hall–Kier alpha value is -3.06. The summed E-state index contributed by atoms with van der Waals surface area (Å²) in [7, 11) is 1.53. The number of hydrogen-bond acceptors (Lipinski definition) is 5. The summed E-state index contributed by atoms with van der Waals surface area (Å²) in [6, 6.07) is 10.1. The molecule has 7 heteroatoms. The molecular weight excluding hydrogens is 371 g/mol. The Balaban J connectivity index is 1.53. The average molecular weight is 394 g/mol. The minimum Gasteiger partial charge on any atom is -0.497 e. The van der Waals surface area contributed by atoms with Gasteiger partial charge in [-0.05, 0) is 37.6 Å². The molecule has 1 aliphatic heterocycles. The molecule has 1 aromatic carbocycles. The van der Waals surface area contributed by atoms with E-state index in [0.717, 1.165) is 24.9 Å². The van der Waals surface area contributed by atoms with Crippen LogP contribution in [0.2, 0.25) is 0 Å². The first-order chi connectivity index (χ1) is 14.1. The molecule has 0 amide bonds. The number of hydrogen-bond donors (Lipinski definition) is 1. The van der Waals surface area contributed by atoms with Crippen molar-refractivity contribution < 1.29 is 9.13 Å². The zero-order valence-corrected chi connectivity index (χ0v) is 16.3. The number of methoxy groups -OCH3 is 1. The Morgan fingerprint density at radius 3 is 2.83 bits per heavy atom. The van der Waals surface area contributed by atoms with Crippen molar-refractivity contribution >= 4 is 0 Å². The molecular formula is C22H23FN4O2. The first kappa shape index (κ1) is 19.3. The van der Waals surface area contributed by atoms with Gasteiger partial charge in [-0.2, -0.15) is 0 Å². The van der Waals surface area contributed by atoms with Gasteiger partial charge >= 0.3 is 0 Å². The van der Waals surface area contributed by atoms with E-state index in [0.29, 0.717) is 35.9 Å². The van der Waals surface area contributed by atoms with Gasteiger partial charge in [0.1, 0.15) is 17.4 Å². The van der Waals surface area contributed by atoms with Crippen molar-refractivity contribution in [3.05, 3.63) is 76.4 Å². The van der Waals surface area contributed by atoms with Crippen molar-refractivity contribution in [3.8, 4) is 17.0 Å². The summed E-state index contributed by atoms with van der Waals surface area (Å²) < 4.78 is 19.4. The molecule has 29 heavy (non-hydrogen) atoms. The highest BCUT2D eigenvalue weighted by Gasteiger charge is 2.24. The van der Waals surface area contributed by atoms with E-state index < -0.39 is 0 Å². The Labute approximate surface area is 168 Å². The third kappa shape index (κ3) is 4.51. The first-order valence-electron chi connectivity index (χ1n) is 9.69. The van der Waals surface area contributed by atoms with Gasteiger partial charge in [0.25, 0.3) is 5.56 Å². The molecule has 1 N–H and O–H groups in total. The van der Waals surface area contributed by atoms with Gasteiger partial charge in [0.05, 0.1) is 12.8 Å². The Morgan fingerprint density at radius 1 is 1.24 bits per heavy atom. The van der Waals surface area contributed by atoms with Crippen molar-refractivity contribution in [2.24, 2.45) is 0 Å². The number of likely N-dealkylation sites (tertiary alicyclic amines) is 1. The topological polar surface area (TPSA) is 71.1 Å². The second-order valence-corrected chi connectivity index (χ2v) is 7.28. The first-order valence-corrected chi connectivity index (χ1v) is 9.69. The van der Waals surface area contributed by atoms with E-state index in [1.54, 1.807) is 24.5 Å². The molecule has 0 saturated carbocycles. The number of H-pyrrole nitrogens is 1. The number of ether oxygens (including phenoxy) is 1. The minimum absolute atomic E-state index is 0.0968. The lowest BCUT2D eigenvalue weighted by Gasteiger charge is -2.32. The van der Waals surface area contributed by atoms with E-state index in [1.165, 1.54) is 19.2 Å². The monoisotopic (exact) mass is 394 g/mol. The van der Waals surface area contributed by atoms with Crippen molar-refractivity contribution in [2.45, 2.75) is 25.3 Å². The van der Waals surface area contributed by atoms with Crippen LogP contribution in [0.4, 0.5) is 4.39 Å². The number of pyridine rings is 1. The van der Waals surface area contributed by atoms with Gasteiger partial charge in [-0.3, -0.25) is 14.7 Å². The van der Waals surface area contributed by atoms with E-state index in [4.69, 9.17) is 9.72 Å². The smallest absolute Gasteiger partial charge is 0.251 e. The standard InChI is InChI=1S/C22H23FN4O2/c1-29-18-5-4-16(19(23)11-18)13-27-10-2-3-17(14-27)22-25-20(12-21(28)26-22)15-6-8-24-9-7-15/h4-9,11-12,17H,2-3,10,13-14H2,1H3,(H,25,26,28)/t17-/m1/s1. The number of nitrogens with zero attached hydrogens (tertiary/aromatic N) is 3. The zero-order valence-electron chi connectivity index (χ0n) is 16.3. The summed E-state index contributed by atoms with van der Waals surface area (Å²) in [4.78, 5) is 26.0. The predicted octanol–water partition coefficient (Wildman–Crippen LogP) is 3.36. The molecule has 0 aliphatic carbocycles. The van der Waals surface area contributed by atoms with Gasteiger partial charge in [-0.15, -0.1) is 0 Å². The van der Waals surface area contributed by atoms with Crippen LogP contribution >= 0.6 is 0 Å². The maximum Gasteiger partial charge on any atom is 0.251 e. The summed E-state index contributed by atoms with van der Waals surface area (Å²) in [6.45, 7) is 2.12. The lowest BCUT2D eigenvalue weighted by atomic mass is 9.96. The summed E-state index contributed by atoms with van der Waals surface area (Å²) in [5.41, 5.74) is 1.98. The second-order valence-electron chi connectivity index (χ2n) is 7.28. The van der Waals surface area contributed by atoms with Crippen molar-refractivity contribution in [2.75, 3.05) is 20.2 Å². The summed E-state index contributed by atoms with van der Waals surface area (Å²) >= 11 is 0. The number of nitrogens with one attached hydrogen (secondary N) is 1. The van der Waals surface area contributed by atoms with Gasteiger partial charge in [-0.1, -0.05) is 6.07 Å².